The van der Waals surface area contributed by atoms with E-state index >= 15 is 0 Å². The van der Waals surface area contributed by atoms with Crippen LogP contribution in [0.15, 0.2) is 64.2 Å². The van der Waals surface area contributed by atoms with Crippen LogP contribution >= 0.6 is 11.8 Å². The molecule has 0 aromatic heterocycles. The van der Waals surface area contributed by atoms with Gasteiger partial charge < -0.3 is 9.47 Å². The van der Waals surface area contributed by atoms with E-state index in [-0.39, 0.29) is 11.4 Å². The molecule has 2 aromatic rings. The van der Waals surface area contributed by atoms with Crippen molar-refractivity contribution in [3.05, 3.63) is 65.2 Å². The lowest BCUT2D eigenvalue weighted by Gasteiger charge is -2.20. The Hall–Kier alpha value is -3.39. The molecule has 0 radical (unpaired) electrons. The van der Waals surface area contributed by atoms with E-state index in [2.05, 4.69) is 23.9 Å². The maximum atomic E-state index is 12.6. The summed E-state index contributed by atoms with van der Waals surface area (Å²) < 4.78 is 11.5. The van der Waals surface area contributed by atoms with Gasteiger partial charge in [-0.25, -0.2) is 0 Å². The molecular formula is C26H28N4O3S. The predicted octanol–water partition coefficient (Wildman–Crippen LogP) is 5.51. The number of nitrogens with zero attached hydrogens (tertiary/aromatic N) is 3. The van der Waals surface area contributed by atoms with Crippen LogP contribution in [0.5, 0.6) is 11.5 Å². The summed E-state index contributed by atoms with van der Waals surface area (Å²) in [7, 11) is 0. The Labute approximate surface area is 204 Å². The molecule has 2 heterocycles. The van der Waals surface area contributed by atoms with E-state index in [1.807, 2.05) is 55.5 Å². The molecule has 0 atom stereocenters. The van der Waals surface area contributed by atoms with E-state index in [1.165, 1.54) is 16.8 Å². The summed E-state index contributed by atoms with van der Waals surface area (Å²) in [5.74, 6) is 1.47. The van der Waals surface area contributed by atoms with Crippen molar-refractivity contribution in [1.82, 2.24) is 5.01 Å². The van der Waals surface area contributed by atoms with Crippen LogP contribution < -0.4 is 9.47 Å². The van der Waals surface area contributed by atoms with Crippen molar-refractivity contribution in [2.75, 3.05) is 13.2 Å². The van der Waals surface area contributed by atoms with Gasteiger partial charge in [-0.3, -0.25) is 10.2 Å². The van der Waals surface area contributed by atoms with Crippen molar-refractivity contribution in [1.29, 1.82) is 5.41 Å². The first-order valence-corrected chi connectivity index (χ1v) is 12.2. The van der Waals surface area contributed by atoms with Crippen LogP contribution in [0.3, 0.4) is 0 Å². The first-order chi connectivity index (χ1) is 16.5. The molecule has 1 amide bonds. The Morgan fingerprint density at radius 2 is 1.76 bits per heavy atom. The molecule has 34 heavy (non-hydrogen) atoms. The number of thioether (sulfide) groups is 1. The van der Waals surface area contributed by atoms with Gasteiger partial charge in [0.15, 0.2) is 5.84 Å². The largest absolute Gasteiger partial charge is 0.490 e. The Bertz CT molecular complexity index is 1170. The number of aryl methyl sites for hydroxylation is 1. The number of nitrogens with one attached hydrogen (secondary N) is 1. The van der Waals surface area contributed by atoms with Gasteiger partial charge in [0, 0.05) is 5.92 Å². The number of aliphatic imine (C=N–C) groups is 1. The molecule has 0 aliphatic carbocycles. The van der Waals surface area contributed by atoms with Gasteiger partial charge in [0.1, 0.15) is 29.8 Å². The number of carbonyl (C=O) groups excluding carboxylic acids is 1. The smallest absolute Gasteiger partial charge is 0.283 e. The third-order valence-corrected chi connectivity index (χ3v) is 6.68. The summed E-state index contributed by atoms with van der Waals surface area (Å²) >= 11 is 1.39. The highest BCUT2D eigenvalue weighted by molar-refractivity contribution is 8.27. The number of fused-ring (bicyclic) bond motifs is 1. The molecule has 2 aliphatic heterocycles. The van der Waals surface area contributed by atoms with Crippen molar-refractivity contribution in [3.8, 4) is 11.5 Å². The maximum absolute atomic E-state index is 12.6. The van der Waals surface area contributed by atoms with Gasteiger partial charge in [0.2, 0.25) is 5.17 Å². The first kappa shape index (κ1) is 23.8. The second kappa shape index (κ2) is 10.7. The molecular weight excluding hydrogens is 448 g/mol. The molecule has 8 heteroatoms. The predicted molar refractivity (Wildman–Crippen MR) is 138 cm³/mol. The average molecular weight is 477 g/mol. The van der Waals surface area contributed by atoms with E-state index in [1.54, 1.807) is 6.08 Å². The number of rotatable bonds is 9. The van der Waals surface area contributed by atoms with Crippen LogP contribution in [-0.4, -0.2) is 40.2 Å². The van der Waals surface area contributed by atoms with Crippen molar-refractivity contribution in [3.63, 3.8) is 0 Å². The molecule has 0 unspecified atom stereocenters. The van der Waals surface area contributed by atoms with Crippen LogP contribution in [0, 0.1) is 18.3 Å². The van der Waals surface area contributed by atoms with Crippen molar-refractivity contribution < 1.29 is 14.3 Å². The zero-order chi connectivity index (χ0) is 24.1. The average Bonchev–Trinajstić information content (AvgIpc) is 3.25. The Kier molecular flexibility index (Phi) is 7.47. The highest BCUT2D eigenvalue weighted by Crippen LogP contribution is 2.33. The number of hydrazone groups is 1. The van der Waals surface area contributed by atoms with Gasteiger partial charge >= 0.3 is 0 Å². The van der Waals surface area contributed by atoms with Crippen molar-refractivity contribution in [2.24, 2.45) is 16.0 Å². The van der Waals surface area contributed by atoms with E-state index in [0.717, 1.165) is 34.8 Å². The number of amides is 1. The molecule has 176 valence electrons. The molecule has 7 nitrogen and oxygen atoms in total. The monoisotopic (exact) mass is 476 g/mol. The summed E-state index contributed by atoms with van der Waals surface area (Å²) in [4.78, 5) is 16.8. The minimum Gasteiger partial charge on any atom is -0.490 e. The van der Waals surface area contributed by atoms with Crippen molar-refractivity contribution in [2.45, 2.75) is 33.6 Å². The van der Waals surface area contributed by atoms with Gasteiger partial charge in [-0.2, -0.15) is 15.1 Å². The van der Waals surface area contributed by atoms with Crippen LogP contribution in [0.2, 0.25) is 0 Å². The second-order valence-electron chi connectivity index (χ2n) is 8.05. The fourth-order valence-corrected chi connectivity index (χ4v) is 4.82. The molecule has 0 saturated heterocycles. The van der Waals surface area contributed by atoms with Gasteiger partial charge in [-0.1, -0.05) is 38.1 Å². The molecule has 0 spiro atoms. The molecule has 2 aliphatic rings. The summed E-state index contributed by atoms with van der Waals surface area (Å²) in [5.41, 5.74) is 2.15. The van der Waals surface area contributed by atoms with E-state index < -0.39 is 5.91 Å². The number of hydrogen-bond acceptors (Lipinski definition) is 6. The molecule has 4 rings (SSSR count). The van der Waals surface area contributed by atoms with Gasteiger partial charge in [0.25, 0.3) is 5.91 Å². The summed E-state index contributed by atoms with van der Waals surface area (Å²) in [6, 6.07) is 15.3. The van der Waals surface area contributed by atoms with Gasteiger partial charge in [-0.05, 0) is 73.0 Å². The Morgan fingerprint density at radius 1 is 1.06 bits per heavy atom. The van der Waals surface area contributed by atoms with Crippen molar-refractivity contribution >= 4 is 39.8 Å². The van der Waals surface area contributed by atoms with E-state index in [9.17, 15) is 4.79 Å². The third kappa shape index (κ3) is 5.39. The lowest BCUT2D eigenvalue weighted by Crippen LogP contribution is -2.35. The number of hydrogen-bond donors (Lipinski definition) is 1. The van der Waals surface area contributed by atoms with E-state index in [4.69, 9.17) is 14.9 Å². The Morgan fingerprint density at radius 3 is 2.44 bits per heavy atom. The Balaban J connectivity index is 1.37. The summed E-state index contributed by atoms with van der Waals surface area (Å²) in [5, 5.41) is 16.0. The quantitative estimate of drug-likeness (QED) is 0.381. The first-order valence-electron chi connectivity index (χ1n) is 11.4. The third-order valence-electron chi connectivity index (χ3n) is 5.61. The van der Waals surface area contributed by atoms with Gasteiger partial charge in [0.05, 0.1) is 5.57 Å². The van der Waals surface area contributed by atoms with Crippen LogP contribution in [0.25, 0.3) is 6.08 Å². The van der Waals surface area contributed by atoms with Crippen LogP contribution in [0.1, 0.15) is 37.8 Å². The lowest BCUT2D eigenvalue weighted by molar-refractivity contribution is -0.114. The summed E-state index contributed by atoms with van der Waals surface area (Å²) in [6.07, 6.45) is 3.59. The number of amidine groups is 2. The SMILES string of the molecule is CCC(CC)C1=NN2C(=N)C(=Cc3ccc(OCCOc4cccc(C)c4)cc3)C(=O)N=C2S1. The molecule has 0 bridgehead atoms. The maximum Gasteiger partial charge on any atom is 0.283 e. The number of carbonyl (C=O) groups is 1. The number of ether oxygens (including phenoxy) is 2. The van der Waals surface area contributed by atoms with E-state index in [0.29, 0.717) is 30.0 Å². The minimum atomic E-state index is -0.418. The fourth-order valence-electron chi connectivity index (χ4n) is 3.66. The highest BCUT2D eigenvalue weighted by Gasteiger charge is 2.37. The zero-order valence-corrected chi connectivity index (χ0v) is 20.4. The lowest BCUT2D eigenvalue weighted by atomic mass is 10.1. The van der Waals surface area contributed by atoms with Crippen LogP contribution in [-0.2, 0) is 4.79 Å². The van der Waals surface area contributed by atoms with Gasteiger partial charge in [-0.15, -0.1) is 0 Å². The topological polar surface area (TPSA) is 87.3 Å². The second-order valence-corrected chi connectivity index (χ2v) is 9.04. The molecule has 0 saturated carbocycles. The molecule has 1 N–H and O–H groups in total. The zero-order valence-electron chi connectivity index (χ0n) is 19.6. The minimum absolute atomic E-state index is 0.0529. The standard InChI is InChI=1S/C26H28N4O3S/c1-4-19(5-2)25-29-30-23(27)22(24(31)28-26(30)34-25)16-18-9-11-20(12-10-18)32-13-14-33-21-8-6-7-17(3)15-21/h6-12,15-16,19,27H,4-5,13-14H2,1-3H3. The summed E-state index contributed by atoms with van der Waals surface area (Å²) in [6.45, 7) is 7.11. The highest BCUT2D eigenvalue weighted by atomic mass is 32.2. The molecule has 2 aromatic carbocycles. The fraction of sp³-hybridized carbons (Fsp3) is 0.308. The number of benzene rings is 2. The normalized spacial score (nSPS) is 16.6. The molecule has 0 fully saturated rings. The van der Waals surface area contributed by atoms with Crippen LogP contribution in [0.4, 0.5) is 0 Å².